The van der Waals surface area contributed by atoms with Crippen molar-refractivity contribution >= 4 is 17.7 Å². The van der Waals surface area contributed by atoms with Crippen LogP contribution in [-0.2, 0) is 11.2 Å². The molecule has 3 aromatic rings. The molecule has 2 aromatic carbocycles. The molecule has 1 aromatic heterocycles. The van der Waals surface area contributed by atoms with Crippen molar-refractivity contribution in [1.29, 1.82) is 0 Å². The molecular formula is C20H22N4O2S. The predicted octanol–water partition coefficient (Wildman–Crippen LogP) is 3.95. The van der Waals surface area contributed by atoms with Gasteiger partial charge in [-0.05, 0) is 28.7 Å². The minimum Gasteiger partial charge on any atom is -0.478 e. The summed E-state index contributed by atoms with van der Waals surface area (Å²) in [5, 5.41) is 18.0. The lowest BCUT2D eigenvalue weighted by molar-refractivity contribution is 0.0697. The number of nitrogens with two attached hydrogens (primary N) is 1. The first kappa shape index (κ1) is 19.0. The van der Waals surface area contributed by atoms with Gasteiger partial charge in [-0.3, -0.25) is 0 Å². The molecule has 0 aliphatic carbocycles. The summed E-state index contributed by atoms with van der Waals surface area (Å²) in [5.41, 5.74) is 3.51. The van der Waals surface area contributed by atoms with Crippen LogP contribution >= 0.6 is 11.8 Å². The van der Waals surface area contributed by atoms with Gasteiger partial charge in [0.05, 0.1) is 5.56 Å². The summed E-state index contributed by atoms with van der Waals surface area (Å²) < 4.78 is 1.49. The van der Waals surface area contributed by atoms with Gasteiger partial charge < -0.3 is 10.9 Å². The molecule has 140 valence electrons. The monoisotopic (exact) mass is 382 g/mol. The van der Waals surface area contributed by atoms with E-state index in [1.807, 2.05) is 12.1 Å². The van der Waals surface area contributed by atoms with Crippen LogP contribution in [-0.4, -0.2) is 25.9 Å². The summed E-state index contributed by atoms with van der Waals surface area (Å²) in [6.07, 6.45) is 0. The minimum absolute atomic E-state index is 0.0894. The molecule has 0 radical (unpaired) electrons. The van der Waals surface area contributed by atoms with E-state index in [1.54, 1.807) is 24.3 Å². The SMILES string of the molecule is CC(C)(C)c1ccc(-c2nnc(SCc3ccc(C(=O)O)cc3)n2N)cc1. The van der Waals surface area contributed by atoms with Gasteiger partial charge in [0.25, 0.3) is 0 Å². The van der Waals surface area contributed by atoms with Crippen LogP contribution in [0.15, 0.2) is 53.7 Å². The van der Waals surface area contributed by atoms with Gasteiger partial charge in [-0.25, -0.2) is 9.47 Å². The van der Waals surface area contributed by atoms with Crippen molar-refractivity contribution in [3.05, 3.63) is 65.2 Å². The van der Waals surface area contributed by atoms with Gasteiger partial charge >= 0.3 is 5.97 Å². The van der Waals surface area contributed by atoms with E-state index >= 15 is 0 Å². The maximum atomic E-state index is 10.9. The van der Waals surface area contributed by atoms with E-state index in [0.717, 1.165) is 11.1 Å². The Kier molecular flexibility index (Phi) is 5.23. The fourth-order valence-corrected chi connectivity index (χ4v) is 3.40. The van der Waals surface area contributed by atoms with Gasteiger partial charge in [0.2, 0.25) is 5.16 Å². The number of benzene rings is 2. The summed E-state index contributed by atoms with van der Waals surface area (Å²) in [5.74, 6) is 6.48. The zero-order chi connectivity index (χ0) is 19.6. The van der Waals surface area contributed by atoms with Crippen molar-refractivity contribution in [3.8, 4) is 11.4 Å². The maximum Gasteiger partial charge on any atom is 0.335 e. The third-order valence-electron chi connectivity index (χ3n) is 4.24. The molecule has 6 nitrogen and oxygen atoms in total. The lowest BCUT2D eigenvalue weighted by Crippen LogP contribution is -2.12. The van der Waals surface area contributed by atoms with Crippen molar-refractivity contribution in [1.82, 2.24) is 14.9 Å². The summed E-state index contributed by atoms with van der Waals surface area (Å²) >= 11 is 1.45. The summed E-state index contributed by atoms with van der Waals surface area (Å²) in [7, 11) is 0. The topological polar surface area (TPSA) is 94.0 Å². The number of hydrogen-bond donors (Lipinski definition) is 2. The minimum atomic E-state index is -0.932. The van der Waals surface area contributed by atoms with Crippen molar-refractivity contribution < 1.29 is 9.90 Å². The zero-order valence-corrected chi connectivity index (χ0v) is 16.3. The number of carboxylic acids is 1. The molecule has 0 bridgehead atoms. The first-order valence-electron chi connectivity index (χ1n) is 8.52. The number of carbonyl (C=O) groups is 1. The second-order valence-electron chi connectivity index (χ2n) is 7.29. The molecule has 0 aliphatic rings. The van der Waals surface area contributed by atoms with Crippen molar-refractivity contribution in [2.45, 2.75) is 37.1 Å². The molecular weight excluding hydrogens is 360 g/mol. The van der Waals surface area contributed by atoms with Crippen LogP contribution in [0.2, 0.25) is 0 Å². The Labute approximate surface area is 162 Å². The highest BCUT2D eigenvalue weighted by Crippen LogP contribution is 2.27. The fourth-order valence-electron chi connectivity index (χ4n) is 2.58. The highest BCUT2D eigenvalue weighted by molar-refractivity contribution is 7.98. The first-order chi connectivity index (χ1) is 12.8. The number of nitrogen functional groups attached to an aromatic ring is 1. The number of carboxylic acid groups (broad SMARTS) is 1. The molecule has 7 heteroatoms. The Hall–Kier alpha value is -2.80. The number of hydrogen-bond acceptors (Lipinski definition) is 5. The highest BCUT2D eigenvalue weighted by atomic mass is 32.2. The van der Waals surface area contributed by atoms with Crippen molar-refractivity contribution in [3.63, 3.8) is 0 Å². The van der Waals surface area contributed by atoms with Gasteiger partial charge in [0, 0.05) is 11.3 Å². The lowest BCUT2D eigenvalue weighted by atomic mass is 9.87. The Balaban J connectivity index is 1.72. The normalized spacial score (nSPS) is 11.5. The number of nitrogens with zero attached hydrogens (tertiary/aromatic N) is 3. The first-order valence-corrected chi connectivity index (χ1v) is 9.51. The lowest BCUT2D eigenvalue weighted by Gasteiger charge is -2.19. The van der Waals surface area contributed by atoms with E-state index in [4.69, 9.17) is 10.9 Å². The fraction of sp³-hybridized carbons (Fsp3) is 0.250. The Morgan fingerprint density at radius 2 is 1.70 bits per heavy atom. The Morgan fingerprint density at radius 1 is 1.07 bits per heavy atom. The molecule has 0 saturated heterocycles. The molecule has 0 unspecified atom stereocenters. The Morgan fingerprint density at radius 3 is 2.26 bits per heavy atom. The van der Waals surface area contributed by atoms with Gasteiger partial charge in [-0.1, -0.05) is 68.9 Å². The summed E-state index contributed by atoms with van der Waals surface area (Å²) in [4.78, 5) is 10.9. The van der Waals surface area contributed by atoms with Crippen LogP contribution in [0, 0.1) is 0 Å². The largest absolute Gasteiger partial charge is 0.478 e. The van der Waals surface area contributed by atoms with Gasteiger partial charge in [-0.15, -0.1) is 10.2 Å². The smallest absolute Gasteiger partial charge is 0.335 e. The van der Waals surface area contributed by atoms with Crippen LogP contribution in [0.1, 0.15) is 42.3 Å². The summed E-state index contributed by atoms with van der Waals surface area (Å²) in [6, 6.07) is 14.9. The molecule has 3 N–H and O–H groups in total. The average molecular weight is 382 g/mol. The van der Waals surface area contributed by atoms with Crippen LogP contribution < -0.4 is 5.84 Å². The van der Waals surface area contributed by atoms with Gasteiger partial charge in [0.15, 0.2) is 5.82 Å². The quantitative estimate of drug-likeness (QED) is 0.513. The van der Waals surface area contributed by atoms with Gasteiger partial charge in [-0.2, -0.15) is 0 Å². The second-order valence-corrected chi connectivity index (χ2v) is 8.24. The molecule has 27 heavy (non-hydrogen) atoms. The van der Waals surface area contributed by atoms with Crippen molar-refractivity contribution in [2.75, 3.05) is 5.84 Å². The van der Waals surface area contributed by atoms with E-state index in [1.165, 1.54) is 22.0 Å². The maximum absolute atomic E-state index is 10.9. The van der Waals surface area contributed by atoms with E-state index in [-0.39, 0.29) is 11.0 Å². The van der Waals surface area contributed by atoms with E-state index in [2.05, 4.69) is 43.1 Å². The number of rotatable bonds is 5. The number of aromatic carboxylic acids is 1. The zero-order valence-electron chi connectivity index (χ0n) is 15.5. The summed E-state index contributed by atoms with van der Waals surface area (Å²) in [6.45, 7) is 6.52. The molecule has 0 amide bonds. The molecule has 0 atom stereocenters. The van der Waals surface area contributed by atoms with Crippen LogP contribution in [0.3, 0.4) is 0 Å². The number of thioether (sulfide) groups is 1. The van der Waals surface area contributed by atoms with E-state index in [0.29, 0.717) is 16.7 Å². The molecule has 0 saturated carbocycles. The van der Waals surface area contributed by atoms with Crippen LogP contribution in [0.25, 0.3) is 11.4 Å². The molecule has 0 aliphatic heterocycles. The number of aromatic nitrogens is 3. The van der Waals surface area contributed by atoms with Crippen LogP contribution in [0.4, 0.5) is 0 Å². The van der Waals surface area contributed by atoms with Crippen LogP contribution in [0.5, 0.6) is 0 Å². The predicted molar refractivity (Wildman–Crippen MR) is 107 cm³/mol. The average Bonchev–Trinajstić information content (AvgIpc) is 3.00. The standard InChI is InChI=1S/C20H22N4O2S/c1-20(2,3)16-10-8-14(9-11-16)17-22-23-19(24(17)21)27-12-13-4-6-15(7-5-13)18(25)26/h4-11H,12,21H2,1-3H3,(H,25,26). The molecule has 3 rings (SSSR count). The highest BCUT2D eigenvalue weighted by Gasteiger charge is 2.16. The molecule has 0 spiro atoms. The second kappa shape index (κ2) is 7.44. The molecule has 1 heterocycles. The van der Waals surface area contributed by atoms with Crippen molar-refractivity contribution in [2.24, 2.45) is 0 Å². The third kappa shape index (κ3) is 4.31. The third-order valence-corrected chi connectivity index (χ3v) is 5.26. The Bertz CT molecular complexity index is 942. The van der Waals surface area contributed by atoms with E-state index < -0.39 is 5.97 Å². The van der Waals surface area contributed by atoms with Gasteiger partial charge in [0.1, 0.15) is 0 Å². The van der Waals surface area contributed by atoms with E-state index in [9.17, 15) is 4.79 Å². The molecule has 0 fully saturated rings.